The Morgan fingerprint density at radius 1 is 1.05 bits per heavy atom. The highest BCUT2D eigenvalue weighted by atomic mass is 19.1. The van der Waals surface area contributed by atoms with Gasteiger partial charge in [0, 0.05) is 5.56 Å². The topological polar surface area (TPSA) is 69.6 Å². The second kappa shape index (κ2) is 4.49. The number of rotatable bonds is 2. The Kier molecular flexibility index (Phi) is 2.68. The number of tetrazole rings is 1. The van der Waals surface area contributed by atoms with Gasteiger partial charge in [-0.25, -0.2) is 4.39 Å². The van der Waals surface area contributed by atoms with Crippen molar-refractivity contribution in [3.05, 3.63) is 54.3 Å². The molecular formula is C13H10FN5. The highest BCUT2D eigenvalue weighted by Gasteiger charge is 2.12. The number of aromatic nitrogens is 4. The van der Waals surface area contributed by atoms with Crippen molar-refractivity contribution in [2.45, 2.75) is 0 Å². The average Bonchev–Trinajstić information content (AvgIpc) is 2.89. The van der Waals surface area contributed by atoms with Crippen LogP contribution < -0.4 is 5.73 Å². The lowest BCUT2D eigenvalue weighted by molar-refractivity contribution is 0.627. The van der Waals surface area contributed by atoms with E-state index in [1.165, 1.54) is 16.8 Å². The quantitative estimate of drug-likeness (QED) is 0.711. The Hall–Kier alpha value is -2.76. The maximum atomic E-state index is 13.1. The Bertz CT molecular complexity index is 708. The van der Waals surface area contributed by atoms with Crippen LogP contribution in [0.2, 0.25) is 0 Å². The van der Waals surface area contributed by atoms with E-state index < -0.39 is 5.82 Å². The van der Waals surface area contributed by atoms with Crippen LogP contribution in [0.4, 0.5) is 10.1 Å². The van der Waals surface area contributed by atoms with Gasteiger partial charge in [-0.15, -0.1) is 5.10 Å². The maximum absolute atomic E-state index is 13.1. The summed E-state index contributed by atoms with van der Waals surface area (Å²) in [4.78, 5) is 0. The second-order valence-corrected chi connectivity index (χ2v) is 3.98. The summed E-state index contributed by atoms with van der Waals surface area (Å²) in [5.41, 5.74) is 7.49. The molecule has 2 aromatic carbocycles. The van der Waals surface area contributed by atoms with Crippen LogP contribution >= 0.6 is 0 Å². The van der Waals surface area contributed by atoms with Gasteiger partial charge in [-0.1, -0.05) is 30.3 Å². The Labute approximate surface area is 108 Å². The minimum absolute atomic E-state index is 0.282. The van der Waals surface area contributed by atoms with E-state index in [4.69, 9.17) is 5.73 Å². The molecule has 0 aliphatic rings. The molecule has 3 aromatic rings. The molecule has 3 rings (SSSR count). The monoisotopic (exact) mass is 255 g/mol. The molecule has 0 aliphatic heterocycles. The summed E-state index contributed by atoms with van der Waals surface area (Å²) in [7, 11) is 0. The summed E-state index contributed by atoms with van der Waals surface area (Å²) in [6, 6.07) is 13.6. The van der Waals surface area contributed by atoms with Gasteiger partial charge in [-0.3, -0.25) is 0 Å². The summed E-state index contributed by atoms with van der Waals surface area (Å²) in [5.74, 6) is 0.162. The molecule has 0 aliphatic carbocycles. The number of halogens is 1. The normalized spacial score (nSPS) is 10.6. The van der Waals surface area contributed by atoms with Crippen LogP contribution in [0.3, 0.4) is 0 Å². The molecular weight excluding hydrogens is 245 g/mol. The van der Waals surface area contributed by atoms with Crippen LogP contribution in [0.1, 0.15) is 0 Å². The number of nitrogen functional groups attached to an aromatic ring is 1. The zero-order valence-electron chi connectivity index (χ0n) is 9.86. The van der Waals surface area contributed by atoms with E-state index in [2.05, 4.69) is 15.5 Å². The van der Waals surface area contributed by atoms with Crippen molar-refractivity contribution >= 4 is 5.69 Å². The number of nitrogens with two attached hydrogens (primary N) is 1. The Balaban J connectivity index is 2.15. The lowest BCUT2D eigenvalue weighted by atomic mass is 10.2. The molecule has 0 saturated heterocycles. The van der Waals surface area contributed by atoms with Gasteiger partial charge in [0.2, 0.25) is 0 Å². The molecule has 2 N–H and O–H groups in total. The minimum Gasteiger partial charge on any atom is -0.397 e. The van der Waals surface area contributed by atoms with E-state index in [1.54, 1.807) is 6.07 Å². The third-order valence-electron chi connectivity index (χ3n) is 2.72. The van der Waals surface area contributed by atoms with Crippen molar-refractivity contribution in [1.29, 1.82) is 0 Å². The molecule has 0 saturated carbocycles. The van der Waals surface area contributed by atoms with Crippen molar-refractivity contribution in [2.24, 2.45) is 0 Å². The number of hydrogen-bond acceptors (Lipinski definition) is 4. The van der Waals surface area contributed by atoms with Crippen molar-refractivity contribution in [1.82, 2.24) is 20.2 Å². The number of benzene rings is 2. The summed E-state index contributed by atoms with van der Waals surface area (Å²) in [5, 5.41) is 11.5. The number of nitrogens with zero attached hydrogens (tertiary/aromatic N) is 4. The third-order valence-corrected chi connectivity index (χ3v) is 2.72. The largest absolute Gasteiger partial charge is 0.397 e. The van der Waals surface area contributed by atoms with E-state index in [0.717, 1.165) is 5.56 Å². The lowest BCUT2D eigenvalue weighted by Gasteiger charge is -2.07. The molecule has 0 amide bonds. The molecule has 5 nitrogen and oxygen atoms in total. The van der Waals surface area contributed by atoms with E-state index in [9.17, 15) is 4.39 Å². The molecule has 1 aromatic heterocycles. The smallest absolute Gasteiger partial charge is 0.187 e. The zero-order valence-corrected chi connectivity index (χ0v) is 9.86. The fourth-order valence-electron chi connectivity index (χ4n) is 1.83. The van der Waals surface area contributed by atoms with Crippen LogP contribution in [0, 0.1) is 5.82 Å². The predicted molar refractivity (Wildman–Crippen MR) is 69.0 cm³/mol. The zero-order chi connectivity index (χ0) is 13.2. The van der Waals surface area contributed by atoms with Gasteiger partial charge >= 0.3 is 0 Å². The van der Waals surface area contributed by atoms with Gasteiger partial charge in [-0.2, -0.15) is 4.68 Å². The summed E-state index contributed by atoms with van der Waals surface area (Å²) in [6.07, 6.45) is 0. The number of hydrogen-bond donors (Lipinski definition) is 1. The molecule has 0 atom stereocenters. The Morgan fingerprint density at radius 3 is 2.58 bits per heavy atom. The SMILES string of the molecule is Nc1cc(F)ccc1-n1nnnc1-c1ccccc1. The maximum Gasteiger partial charge on any atom is 0.187 e. The molecule has 0 spiro atoms. The highest BCUT2D eigenvalue weighted by molar-refractivity contribution is 5.63. The van der Waals surface area contributed by atoms with E-state index in [0.29, 0.717) is 11.5 Å². The molecule has 0 fully saturated rings. The minimum atomic E-state index is -0.393. The first-order valence-corrected chi connectivity index (χ1v) is 5.65. The van der Waals surface area contributed by atoms with Crippen LogP contribution in [-0.2, 0) is 0 Å². The van der Waals surface area contributed by atoms with Crippen LogP contribution in [0.25, 0.3) is 17.1 Å². The van der Waals surface area contributed by atoms with Gasteiger partial charge in [0.15, 0.2) is 5.82 Å². The van der Waals surface area contributed by atoms with E-state index in [1.807, 2.05) is 30.3 Å². The molecule has 0 unspecified atom stereocenters. The molecule has 19 heavy (non-hydrogen) atoms. The highest BCUT2D eigenvalue weighted by Crippen LogP contribution is 2.23. The fraction of sp³-hybridized carbons (Fsp3) is 0. The molecule has 0 radical (unpaired) electrons. The molecule has 1 heterocycles. The lowest BCUT2D eigenvalue weighted by Crippen LogP contribution is -2.04. The van der Waals surface area contributed by atoms with Gasteiger partial charge in [0.05, 0.1) is 11.4 Å². The van der Waals surface area contributed by atoms with Gasteiger partial charge < -0.3 is 5.73 Å². The van der Waals surface area contributed by atoms with Crippen molar-refractivity contribution in [3.63, 3.8) is 0 Å². The summed E-state index contributed by atoms with van der Waals surface area (Å²) in [6.45, 7) is 0. The van der Waals surface area contributed by atoms with Crippen molar-refractivity contribution in [2.75, 3.05) is 5.73 Å². The fourth-order valence-corrected chi connectivity index (χ4v) is 1.83. The second-order valence-electron chi connectivity index (χ2n) is 3.98. The van der Waals surface area contributed by atoms with E-state index >= 15 is 0 Å². The van der Waals surface area contributed by atoms with Gasteiger partial charge in [-0.05, 0) is 28.6 Å². The van der Waals surface area contributed by atoms with Crippen molar-refractivity contribution < 1.29 is 4.39 Å². The molecule has 6 heteroatoms. The average molecular weight is 255 g/mol. The number of anilines is 1. The van der Waals surface area contributed by atoms with Gasteiger partial charge in [0.1, 0.15) is 5.82 Å². The molecule has 94 valence electrons. The summed E-state index contributed by atoms with van der Waals surface area (Å²) >= 11 is 0. The van der Waals surface area contributed by atoms with Crippen LogP contribution in [0.15, 0.2) is 48.5 Å². The Morgan fingerprint density at radius 2 is 1.84 bits per heavy atom. The third kappa shape index (κ3) is 2.03. The summed E-state index contributed by atoms with van der Waals surface area (Å²) < 4.78 is 14.6. The first-order valence-electron chi connectivity index (χ1n) is 5.65. The van der Waals surface area contributed by atoms with Crippen LogP contribution in [-0.4, -0.2) is 20.2 Å². The van der Waals surface area contributed by atoms with Crippen LogP contribution in [0.5, 0.6) is 0 Å². The molecule has 0 bridgehead atoms. The first-order chi connectivity index (χ1) is 9.25. The van der Waals surface area contributed by atoms with Crippen molar-refractivity contribution in [3.8, 4) is 17.1 Å². The first kappa shape index (κ1) is 11.3. The van der Waals surface area contributed by atoms with E-state index in [-0.39, 0.29) is 5.69 Å². The predicted octanol–water partition coefficient (Wildman–Crippen LogP) is 2.05. The standard InChI is InChI=1S/C13H10FN5/c14-10-6-7-12(11(15)8-10)19-13(16-17-18-19)9-4-2-1-3-5-9/h1-8H,15H2. The van der Waals surface area contributed by atoms with Gasteiger partial charge in [0.25, 0.3) is 0 Å².